The number of nitrogens with two attached hydrogens (primary N) is 1. The summed E-state index contributed by atoms with van der Waals surface area (Å²) >= 11 is 0. The van der Waals surface area contributed by atoms with Gasteiger partial charge in [0, 0.05) is 18.1 Å². The highest BCUT2D eigenvalue weighted by molar-refractivity contribution is 5.92. The molecule has 1 rings (SSSR count). The first-order valence-electron chi connectivity index (χ1n) is 4.78. The highest BCUT2D eigenvalue weighted by Crippen LogP contribution is 2.23. The average molecular weight is 240 g/mol. The summed E-state index contributed by atoms with van der Waals surface area (Å²) in [6, 6.07) is 4.21. The average Bonchev–Trinajstić information content (AvgIpc) is 2.34. The number of benzene rings is 1. The van der Waals surface area contributed by atoms with E-state index in [1.165, 1.54) is 25.3 Å². The number of nitrogens with zero attached hydrogens (tertiary/aromatic N) is 1. The second kappa shape index (κ2) is 5.92. The van der Waals surface area contributed by atoms with Crippen LogP contribution in [0, 0.1) is 10.1 Å². The molecular weight excluding hydrogens is 228 g/mol. The Morgan fingerprint density at radius 1 is 1.53 bits per heavy atom. The molecule has 0 aromatic heterocycles. The molecule has 0 heterocycles. The molecule has 92 valence electrons. The number of methoxy groups -OCH3 is 1. The van der Waals surface area contributed by atoms with E-state index < -0.39 is 10.9 Å². The zero-order valence-corrected chi connectivity index (χ0v) is 9.21. The Kier molecular flexibility index (Phi) is 4.56. The highest BCUT2D eigenvalue weighted by atomic mass is 16.6. The fourth-order valence-corrected chi connectivity index (χ4v) is 1.47. The molecule has 0 atom stereocenters. The van der Waals surface area contributed by atoms with Crippen molar-refractivity contribution in [1.29, 1.82) is 0 Å². The zero-order valence-electron chi connectivity index (χ0n) is 9.21. The lowest BCUT2D eigenvalue weighted by molar-refractivity contribution is -0.385. The van der Waals surface area contributed by atoms with Gasteiger partial charge in [-0.05, 0) is 6.07 Å². The number of rotatable bonds is 5. The number of carbonyl (C=O) groups excluding carboxylic acids is 1. The van der Waals surface area contributed by atoms with Crippen molar-refractivity contribution < 1.29 is 19.3 Å². The number of nitro benzene ring substituents is 1. The molecule has 0 unspecified atom stereocenters. The van der Waals surface area contributed by atoms with Crippen molar-refractivity contribution in [2.24, 2.45) is 5.90 Å². The Morgan fingerprint density at radius 3 is 2.76 bits per heavy atom. The van der Waals surface area contributed by atoms with Crippen LogP contribution in [0.15, 0.2) is 18.2 Å². The summed E-state index contributed by atoms with van der Waals surface area (Å²) < 4.78 is 4.56. The van der Waals surface area contributed by atoms with E-state index in [0.29, 0.717) is 0 Å². The van der Waals surface area contributed by atoms with Crippen LogP contribution in [0.3, 0.4) is 0 Å². The zero-order chi connectivity index (χ0) is 12.8. The van der Waals surface area contributed by atoms with Gasteiger partial charge < -0.3 is 9.57 Å². The van der Waals surface area contributed by atoms with Crippen molar-refractivity contribution >= 4 is 11.7 Å². The molecule has 1 aromatic rings. The van der Waals surface area contributed by atoms with Crippen molar-refractivity contribution in [3.63, 3.8) is 0 Å². The van der Waals surface area contributed by atoms with Gasteiger partial charge in [0.05, 0.1) is 24.2 Å². The summed E-state index contributed by atoms with van der Waals surface area (Å²) in [6.07, 6.45) is 0.165. The molecule has 0 saturated heterocycles. The summed E-state index contributed by atoms with van der Waals surface area (Å²) in [7, 11) is 1.21. The van der Waals surface area contributed by atoms with E-state index >= 15 is 0 Å². The number of nitro groups is 1. The number of carbonyl (C=O) groups is 1. The summed E-state index contributed by atoms with van der Waals surface area (Å²) in [5.41, 5.74) is 0.263. The molecule has 1 aromatic carbocycles. The van der Waals surface area contributed by atoms with Crippen molar-refractivity contribution in [2.75, 3.05) is 13.7 Å². The summed E-state index contributed by atoms with van der Waals surface area (Å²) in [4.78, 5) is 26.1. The molecule has 0 spiro atoms. The van der Waals surface area contributed by atoms with Crippen LogP contribution in [-0.2, 0) is 16.0 Å². The minimum atomic E-state index is -0.624. The Labute approximate surface area is 97.2 Å². The summed E-state index contributed by atoms with van der Waals surface area (Å²) in [6.45, 7) is 0.0782. The fraction of sp³-hybridized carbons (Fsp3) is 0.300. The predicted molar refractivity (Wildman–Crippen MR) is 58.3 cm³/mol. The van der Waals surface area contributed by atoms with Crippen LogP contribution in [0.4, 0.5) is 5.69 Å². The smallest absolute Gasteiger partial charge is 0.338 e. The number of hydrogen-bond acceptors (Lipinski definition) is 6. The Hall–Kier alpha value is -1.99. The molecule has 0 aliphatic carbocycles. The minimum absolute atomic E-state index is 0.0782. The summed E-state index contributed by atoms with van der Waals surface area (Å²) in [5.74, 6) is 4.25. The maximum atomic E-state index is 11.5. The molecule has 0 fully saturated rings. The van der Waals surface area contributed by atoms with Gasteiger partial charge in [-0.3, -0.25) is 10.1 Å². The predicted octanol–water partition coefficient (Wildman–Crippen LogP) is 0.814. The van der Waals surface area contributed by atoms with Gasteiger partial charge in [-0.2, -0.15) is 0 Å². The highest BCUT2D eigenvalue weighted by Gasteiger charge is 2.21. The number of esters is 1. The quantitative estimate of drug-likeness (QED) is 0.464. The van der Waals surface area contributed by atoms with Crippen LogP contribution >= 0.6 is 0 Å². The van der Waals surface area contributed by atoms with Gasteiger partial charge in [0.15, 0.2) is 0 Å². The maximum absolute atomic E-state index is 11.5. The Balaban J connectivity index is 3.23. The molecule has 0 radical (unpaired) electrons. The molecule has 0 amide bonds. The van der Waals surface area contributed by atoms with Gasteiger partial charge in [0.2, 0.25) is 0 Å². The summed E-state index contributed by atoms with van der Waals surface area (Å²) in [5, 5.41) is 10.8. The van der Waals surface area contributed by atoms with Crippen LogP contribution in [0.25, 0.3) is 0 Å². The lowest BCUT2D eigenvalue weighted by atomic mass is 10.0. The van der Waals surface area contributed by atoms with Crippen LogP contribution < -0.4 is 5.90 Å². The molecule has 7 nitrogen and oxygen atoms in total. The second-order valence-electron chi connectivity index (χ2n) is 3.17. The van der Waals surface area contributed by atoms with Crippen LogP contribution in [-0.4, -0.2) is 24.6 Å². The molecule has 0 saturated carbocycles. The SMILES string of the molecule is COC(=O)c1cccc([N+](=O)[O-])c1CCON. The molecule has 7 heteroatoms. The van der Waals surface area contributed by atoms with Gasteiger partial charge >= 0.3 is 5.97 Å². The molecule has 0 aliphatic heterocycles. The van der Waals surface area contributed by atoms with E-state index in [2.05, 4.69) is 9.57 Å². The normalized spacial score (nSPS) is 10.0. The van der Waals surface area contributed by atoms with Crippen LogP contribution in [0.2, 0.25) is 0 Å². The molecule has 0 aliphatic rings. The molecule has 0 bridgehead atoms. The third-order valence-corrected chi connectivity index (χ3v) is 2.22. The Bertz CT molecular complexity index is 433. The first-order chi connectivity index (χ1) is 8.11. The fourth-order valence-electron chi connectivity index (χ4n) is 1.47. The van der Waals surface area contributed by atoms with Crippen molar-refractivity contribution in [1.82, 2.24) is 0 Å². The third kappa shape index (κ3) is 2.99. The lowest BCUT2D eigenvalue weighted by Crippen LogP contribution is -2.12. The van der Waals surface area contributed by atoms with Crippen LogP contribution in [0.1, 0.15) is 15.9 Å². The number of ether oxygens (including phenoxy) is 1. The van der Waals surface area contributed by atoms with Crippen molar-refractivity contribution in [3.05, 3.63) is 39.4 Å². The van der Waals surface area contributed by atoms with Gasteiger partial charge in [0.25, 0.3) is 5.69 Å². The first-order valence-corrected chi connectivity index (χ1v) is 4.78. The molecule has 2 N–H and O–H groups in total. The van der Waals surface area contributed by atoms with Crippen LogP contribution in [0.5, 0.6) is 0 Å². The monoisotopic (exact) mass is 240 g/mol. The topological polar surface area (TPSA) is 105 Å². The van der Waals surface area contributed by atoms with Gasteiger partial charge in [-0.15, -0.1) is 0 Å². The van der Waals surface area contributed by atoms with E-state index in [1.54, 1.807) is 0 Å². The second-order valence-corrected chi connectivity index (χ2v) is 3.17. The maximum Gasteiger partial charge on any atom is 0.338 e. The first kappa shape index (κ1) is 13.1. The Morgan fingerprint density at radius 2 is 2.24 bits per heavy atom. The number of hydrogen-bond donors (Lipinski definition) is 1. The van der Waals surface area contributed by atoms with E-state index in [-0.39, 0.29) is 29.8 Å². The van der Waals surface area contributed by atoms with E-state index in [1.807, 2.05) is 0 Å². The van der Waals surface area contributed by atoms with Gasteiger partial charge in [-0.25, -0.2) is 10.7 Å². The van der Waals surface area contributed by atoms with E-state index in [9.17, 15) is 14.9 Å². The van der Waals surface area contributed by atoms with Gasteiger partial charge in [-0.1, -0.05) is 6.07 Å². The third-order valence-electron chi connectivity index (χ3n) is 2.22. The van der Waals surface area contributed by atoms with E-state index in [0.717, 1.165) is 0 Å². The minimum Gasteiger partial charge on any atom is -0.465 e. The largest absolute Gasteiger partial charge is 0.465 e. The van der Waals surface area contributed by atoms with Crippen molar-refractivity contribution in [2.45, 2.75) is 6.42 Å². The van der Waals surface area contributed by atoms with Gasteiger partial charge in [0.1, 0.15) is 0 Å². The molecule has 17 heavy (non-hydrogen) atoms. The lowest BCUT2D eigenvalue weighted by Gasteiger charge is -2.07. The van der Waals surface area contributed by atoms with Crippen molar-refractivity contribution in [3.8, 4) is 0 Å². The standard InChI is InChI=1S/C10H12N2O5/c1-16-10(13)8-3-2-4-9(12(14)15)7(8)5-6-17-11/h2-4H,5-6,11H2,1H3. The van der Waals surface area contributed by atoms with E-state index in [4.69, 9.17) is 5.90 Å². The molecular formula is C10H12N2O5.